The molecule has 27 heavy (non-hydrogen) atoms. The number of nitrogens with zero attached hydrogens (tertiary/aromatic N) is 1. The number of amides is 1. The molecule has 1 aliphatic rings. The maximum Gasteiger partial charge on any atom is 0.251 e. The monoisotopic (exact) mass is 386 g/mol. The number of benzene rings is 2. The van der Waals surface area contributed by atoms with E-state index < -0.39 is 9.84 Å². The predicted molar refractivity (Wildman–Crippen MR) is 107 cm³/mol. The number of carbonyl (C=O) groups excluding carboxylic acids is 1. The molecule has 3 rings (SSSR count). The summed E-state index contributed by atoms with van der Waals surface area (Å²) in [6.07, 6.45) is 3.62. The third kappa shape index (κ3) is 5.91. The number of nitrogens with one attached hydrogen (secondary N) is 1. The number of sulfone groups is 1. The van der Waals surface area contributed by atoms with Crippen LogP contribution >= 0.6 is 0 Å². The van der Waals surface area contributed by atoms with Crippen LogP contribution in [0.1, 0.15) is 40.4 Å². The summed E-state index contributed by atoms with van der Waals surface area (Å²) < 4.78 is 22.8. The molecule has 0 aliphatic carbocycles. The summed E-state index contributed by atoms with van der Waals surface area (Å²) in [6, 6.07) is 16.7. The number of rotatable bonds is 7. The Hall–Kier alpha value is -2.18. The van der Waals surface area contributed by atoms with Crippen LogP contribution in [0.15, 0.2) is 54.6 Å². The van der Waals surface area contributed by atoms with Gasteiger partial charge in [-0.15, -0.1) is 0 Å². The van der Waals surface area contributed by atoms with Gasteiger partial charge < -0.3 is 10.2 Å². The molecule has 0 spiro atoms. The molecule has 1 heterocycles. The van der Waals surface area contributed by atoms with Gasteiger partial charge in [0.25, 0.3) is 5.91 Å². The first-order chi connectivity index (χ1) is 12.9. The van der Waals surface area contributed by atoms with E-state index >= 15 is 0 Å². The summed E-state index contributed by atoms with van der Waals surface area (Å²) in [6.45, 7) is 2.93. The fraction of sp³-hybridized carbons (Fsp3) is 0.381. The summed E-state index contributed by atoms with van der Waals surface area (Å²) in [5.41, 5.74) is 2.31. The lowest BCUT2D eigenvalue weighted by Crippen LogP contribution is -2.37. The van der Waals surface area contributed by atoms with Crippen molar-refractivity contribution in [2.45, 2.75) is 24.6 Å². The quantitative estimate of drug-likeness (QED) is 0.795. The lowest BCUT2D eigenvalue weighted by Gasteiger charge is -2.25. The highest BCUT2D eigenvalue weighted by molar-refractivity contribution is 7.89. The second-order valence-electron chi connectivity index (χ2n) is 7.21. The van der Waals surface area contributed by atoms with Crippen LogP contribution < -0.4 is 5.32 Å². The van der Waals surface area contributed by atoms with Gasteiger partial charge in [-0.3, -0.25) is 4.79 Å². The second kappa shape index (κ2) is 8.67. The van der Waals surface area contributed by atoms with Crippen molar-refractivity contribution in [3.05, 3.63) is 71.3 Å². The maximum atomic E-state index is 12.8. The molecule has 0 saturated carbocycles. The Morgan fingerprint density at radius 2 is 1.67 bits per heavy atom. The average Bonchev–Trinajstić information content (AvgIpc) is 3.14. The fourth-order valence-electron chi connectivity index (χ4n) is 3.44. The smallest absolute Gasteiger partial charge is 0.251 e. The molecule has 6 heteroatoms. The van der Waals surface area contributed by atoms with E-state index in [-0.39, 0.29) is 17.7 Å². The third-order valence-electron chi connectivity index (χ3n) is 4.79. The highest BCUT2D eigenvalue weighted by atomic mass is 32.2. The van der Waals surface area contributed by atoms with Gasteiger partial charge in [-0.1, -0.05) is 42.5 Å². The summed E-state index contributed by atoms with van der Waals surface area (Å²) in [7, 11) is -3.08. The van der Waals surface area contributed by atoms with Crippen molar-refractivity contribution < 1.29 is 13.2 Å². The molecular formula is C21H26N2O3S. The van der Waals surface area contributed by atoms with Crippen LogP contribution in [-0.2, 0) is 15.6 Å². The summed E-state index contributed by atoms with van der Waals surface area (Å²) in [4.78, 5) is 15.1. The Balaban J connectivity index is 1.71. The van der Waals surface area contributed by atoms with E-state index in [1.165, 1.54) is 19.1 Å². The topological polar surface area (TPSA) is 66.5 Å². The van der Waals surface area contributed by atoms with Crippen molar-refractivity contribution >= 4 is 15.7 Å². The molecule has 0 aromatic heterocycles. The lowest BCUT2D eigenvalue weighted by atomic mass is 10.1. The van der Waals surface area contributed by atoms with E-state index in [2.05, 4.69) is 10.2 Å². The second-order valence-corrected chi connectivity index (χ2v) is 9.35. The van der Waals surface area contributed by atoms with Crippen LogP contribution in [0.2, 0.25) is 0 Å². The fourth-order valence-corrected chi connectivity index (χ4v) is 4.24. The number of hydrogen-bond acceptors (Lipinski definition) is 4. The van der Waals surface area contributed by atoms with E-state index in [0.29, 0.717) is 11.1 Å². The van der Waals surface area contributed by atoms with Gasteiger partial charge >= 0.3 is 0 Å². The first-order valence-electron chi connectivity index (χ1n) is 9.25. The van der Waals surface area contributed by atoms with Crippen LogP contribution in [0.4, 0.5) is 0 Å². The van der Waals surface area contributed by atoms with E-state index in [9.17, 15) is 13.2 Å². The van der Waals surface area contributed by atoms with Gasteiger partial charge in [0.15, 0.2) is 9.84 Å². The summed E-state index contributed by atoms with van der Waals surface area (Å²) in [5.74, 6) is -0.162. The van der Waals surface area contributed by atoms with Gasteiger partial charge in [0.05, 0.1) is 11.8 Å². The lowest BCUT2D eigenvalue weighted by molar-refractivity contribution is 0.0927. The minimum Gasteiger partial charge on any atom is -0.344 e. The average molecular weight is 387 g/mol. The van der Waals surface area contributed by atoms with E-state index in [1.807, 2.05) is 30.3 Å². The molecular weight excluding hydrogens is 360 g/mol. The highest BCUT2D eigenvalue weighted by Gasteiger charge is 2.21. The van der Waals surface area contributed by atoms with Gasteiger partial charge in [-0.2, -0.15) is 0 Å². The zero-order chi connectivity index (χ0) is 19.3. The van der Waals surface area contributed by atoms with Gasteiger partial charge in [0.2, 0.25) is 0 Å². The molecule has 5 nitrogen and oxygen atoms in total. The van der Waals surface area contributed by atoms with Crippen molar-refractivity contribution in [1.29, 1.82) is 0 Å². The minimum absolute atomic E-state index is 0.0174. The minimum atomic E-state index is -3.08. The standard InChI is InChI=1S/C21H26N2O3S/c1-27(25,26)16-17-9-11-19(12-10-17)21(24)22-20(15-23-13-5-6-14-23)18-7-3-2-4-8-18/h2-4,7-12,20H,5-6,13-16H2,1H3,(H,22,24). The third-order valence-corrected chi connectivity index (χ3v) is 5.65. The van der Waals surface area contributed by atoms with Crippen molar-refractivity contribution in [1.82, 2.24) is 10.2 Å². The molecule has 1 N–H and O–H groups in total. The molecule has 1 amide bonds. The first-order valence-corrected chi connectivity index (χ1v) is 11.3. The molecule has 2 aromatic rings. The predicted octanol–water partition coefficient (Wildman–Crippen LogP) is 2.80. The zero-order valence-electron chi connectivity index (χ0n) is 15.6. The van der Waals surface area contributed by atoms with Crippen LogP contribution in [0.3, 0.4) is 0 Å². The van der Waals surface area contributed by atoms with Crippen molar-refractivity contribution in [2.24, 2.45) is 0 Å². The first kappa shape index (κ1) is 19.6. The van der Waals surface area contributed by atoms with E-state index in [1.54, 1.807) is 24.3 Å². The van der Waals surface area contributed by atoms with Gasteiger partial charge in [-0.05, 0) is 49.2 Å². The van der Waals surface area contributed by atoms with Crippen LogP contribution in [0, 0.1) is 0 Å². The van der Waals surface area contributed by atoms with Crippen molar-refractivity contribution in [3.63, 3.8) is 0 Å². The summed E-state index contributed by atoms with van der Waals surface area (Å²) in [5, 5.41) is 3.15. The van der Waals surface area contributed by atoms with E-state index in [4.69, 9.17) is 0 Å². The zero-order valence-corrected chi connectivity index (χ0v) is 16.4. The Morgan fingerprint density at radius 3 is 2.26 bits per heavy atom. The van der Waals surface area contributed by atoms with Crippen LogP contribution in [-0.4, -0.2) is 45.1 Å². The molecule has 1 unspecified atom stereocenters. The Morgan fingerprint density at radius 1 is 1.04 bits per heavy atom. The van der Waals surface area contributed by atoms with Crippen LogP contribution in [0.5, 0.6) is 0 Å². The number of carbonyl (C=O) groups is 1. The number of likely N-dealkylation sites (tertiary alicyclic amines) is 1. The van der Waals surface area contributed by atoms with E-state index in [0.717, 1.165) is 25.2 Å². The summed E-state index contributed by atoms with van der Waals surface area (Å²) >= 11 is 0. The largest absolute Gasteiger partial charge is 0.344 e. The Labute approximate surface area is 161 Å². The van der Waals surface area contributed by atoms with Crippen molar-refractivity contribution in [3.8, 4) is 0 Å². The molecule has 0 radical (unpaired) electrons. The highest BCUT2D eigenvalue weighted by Crippen LogP contribution is 2.18. The molecule has 1 atom stereocenters. The molecule has 1 aliphatic heterocycles. The van der Waals surface area contributed by atoms with Crippen molar-refractivity contribution in [2.75, 3.05) is 25.9 Å². The van der Waals surface area contributed by atoms with Gasteiger partial charge in [-0.25, -0.2) is 8.42 Å². The maximum absolute atomic E-state index is 12.8. The molecule has 1 fully saturated rings. The Bertz CT molecular complexity index is 858. The molecule has 144 valence electrons. The molecule has 1 saturated heterocycles. The number of hydrogen-bond donors (Lipinski definition) is 1. The molecule has 2 aromatic carbocycles. The van der Waals surface area contributed by atoms with Gasteiger partial charge in [0, 0.05) is 18.4 Å². The molecule has 0 bridgehead atoms. The SMILES string of the molecule is CS(=O)(=O)Cc1ccc(C(=O)NC(CN2CCCC2)c2ccccc2)cc1. The van der Waals surface area contributed by atoms with Gasteiger partial charge in [0.1, 0.15) is 0 Å². The van der Waals surface area contributed by atoms with Crippen LogP contribution in [0.25, 0.3) is 0 Å². The Kier molecular flexibility index (Phi) is 6.29. The normalized spacial score (nSPS) is 16.2.